The van der Waals surface area contributed by atoms with Crippen LogP contribution in [0.1, 0.15) is 12.5 Å². The number of hydrazone groups is 1. The molecule has 18 heavy (non-hydrogen) atoms. The number of hydrogen-bond acceptors (Lipinski definition) is 3. The predicted molar refractivity (Wildman–Crippen MR) is 79.9 cm³/mol. The van der Waals surface area contributed by atoms with Gasteiger partial charge >= 0.3 is 0 Å². The van der Waals surface area contributed by atoms with Crippen molar-refractivity contribution in [1.82, 2.24) is 10.7 Å². The Morgan fingerprint density at radius 2 is 2.22 bits per heavy atom. The molecule has 0 aliphatic rings. The topological polar surface area (TPSA) is 45.7 Å². The minimum atomic E-state index is 0.513. The van der Waals surface area contributed by atoms with Crippen LogP contribution >= 0.6 is 12.2 Å². The van der Waals surface area contributed by atoms with E-state index < -0.39 is 0 Å². The minimum Gasteiger partial charge on any atom is -0.496 e. The fourth-order valence-corrected chi connectivity index (χ4v) is 1.49. The molecule has 5 heteroatoms. The van der Waals surface area contributed by atoms with E-state index in [-0.39, 0.29) is 0 Å². The van der Waals surface area contributed by atoms with Crippen LogP contribution in [0.15, 0.2) is 35.4 Å². The average molecular weight is 263 g/mol. The van der Waals surface area contributed by atoms with Crippen LogP contribution in [0.2, 0.25) is 0 Å². The van der Waals surface area contributed by atoms with E-state index in [1.165, 1.54) is 0 Å². The number of hydrogen-bond donors (Lipinski definition) is 2. The van der Waals surface area contributed by atoms with Gasteiger partial charge in [0, 0.05) is 18.3 Å². The summed E-state index contributed by atoms with van der Waals surface area (Å²) in [6.45, 7) is 2.75. The molecule has 0 bridgehead atoms. The summed E-state index contributed by atoms with van der Waals surface area (Å²) in [5.74, 6) is 0.832. The molecule has 4 nitrogen and oxygen atoms in total. The van der Waals surface area contributed by atoms with E-state index in [1.54, 1.807) is 13.3 Å². The summed E-state index contributed by atoms with van der Waals surface area (Å²) in [6.07, 6.45) is 5.37. The number of benzene rings is 1. The van der Waals surface area contributed by atoms with E-state index in [0.29, 0.717) is 5.11 Å². The van der Waals surface area contributed by atoms with Gasteiger partial charge in [-0.05, 0) is 37.4 Å². The number of rotatable bonds is 5. The normalized spacial score (nSPS) is 10.8. The van der Waals surface area contributed by atoms with Crippen LogP contribution < -0.4 is 15.5 Å². The number of allylic oxidation sites excluding steroid dienone is 1. The highest BCUT2D eigenvalue weighted by molar-refractivity contribution is 7.80. The van der Waals surface area contributed by atoms with Crippen LogP contribution in [0.3, 0.4) is 0 Å². The summed E-state index contributed by atoms with van der Waals surface area (Å²) in [7, 11) is 1.65. The van der Waals surface area contributed by atoms with E-state index in [4.69, 9.17) is 17.0 Å². The molecule has 0 saturated heterocycles. The highest BCUT2D eigenvalue weighted by Gasteiger charge is 1.95. The third kappa shape index (κ3) is 4.97. The largest absolute Gasteiger partial charge is 0.496 e. The lowest BCUT2D eigenvalue weighted by Gasteiger charge is -2.03. The first kappa shape index (κ1) is 14.2. The number of thiocarbonyl (C=S) groups is 1. The SMILES string of the molecule is CCNC(=S)N/N=C\C=C\c1ccccc1OC. The van der Waals surface area contributed by atoms with Gasteiger partial charge in [-0.15, -0.1) is 0 Å². The monoisotopic (exact) mass is 263 g/mol. The molecule has 0 heterocycles. The molecular formula is C13H17N3OS. The predicted octanol–water partition coefficient (Wildman–Crippen LogP) is 2.18. The molecule has 1 aromatic rings. The third-order valence-electron chi connectivity index (χ3n) is 2.08. The standard InChI is InChI=1S/C13H17N3OS/c1-3-14-13(18)16-15-10-6-8-11-7-4-5-9-12(11)17-2/h4-10H,3H2,1-2H3,(H2,14,16,18)/b8-6+,15-10-. The van der Waals surface area contributed by atoms with Gasteiger partial charge in [0.25, 0.3) is 0 Å². The van der Waals surface area contributed by atoms with Gasteiger partial charge in [0.05, 0.1) is 7.11 Å². The zero-order chi connectivity index (χ0) is 13.2. The number of ether oxygens (including phenoxy) is 1. The second-order valence-corrected chi connectivity index (χ2v) is 3.76. The fourth-order valence-electron chi connectivity index (χ4n) is 1.29. The maximum atomic E-state index is 5.23. The summed E-state index contributed by atoms with van der Waals surface area (Å²) in [4.78, 5) is 0. The molecule has 2 N–H and O–H groups in total. The molecule has 0 radical (unpaired) electrons. The first-order valence-corrected chi connectivity index (χ1v) is 6.05. The molecule has 0 amide bonds. The number of para-hydroxylation sites is 1. The van der Waals surface area contributed by atoms with Crippen molar-refractivity contribution in [3.8, 4) is 5.75 Å². The van der Waals surface area contributed by atoms with Crippen molar-refractivity contribution in [2.75, 3.05) is 13.7 Å². The molecule has 1 rings (SSSR count). The summed E-state index contributed by atoms with van der Waals surface area (Å²) in [5, 5.41) is 7.40. The van der Waals surface area contributed by atoms with Crippen molar-refractivity contribution in [3.63, 3.8) is 0 Å². The van der Waals surface area contributed by atoms with E-state index in [2.05, 4.69) is 15.8 Å². The van der Waals surface area contributed by atoms with Crippen LogP contribution in [-0.2, 0) is 0 Å². The molecule has 0 spiro atoms. The molecule has 96 valence electrons. The van der Waals surface area contributed by atoms with Gasteiger partial charge in [0.15, 0.2) is 5.11 Å². The Morgan fingerprint density at radius 3 is 2.94 bits per heavy atom. The zero-order valence-corrected chi connectivity index (χ0v) is 11.3. The molecule has 0 aliphatic heterocycles. The van der Waals surface area contributed by atoms with E-state index in [1.807, 2.05) is 43.3 Å². The van der Waals surface area contributed by atoms with Crippen molar-refractivity contribution in [3.05, 3.63) is 35.9 Å². The highest BCUT2D eigenvalue weighted by Crippen LogP contribution is 2.18. The summed E-state index contributed by atoms with van der Waals surface area (Å²) < 4.78 is 5.23. The Labute approximate surface area is 113 Å². The van der Waals surface area contributed by atoms with E-state index in [0.717, 1.165) is 17.9 Å². The smallest absolute Gasteiger partial charge is 0.186 e. The van der Waals surface area contributed by atoms with E-state index in [9.17, 15) is 0 Å². The Hall–Kier alpha value is -1.88. The first-order chi connectivity index (χ1) is 8.77. The van der Waals surface area contributed by atoms with Crippen molar-refractivity contribution in [1.29, 1.82) is 0 Å². The lowest BCUT2D eigenvalue weighted by molar-refractivity contribution is 0.414. The van der Waals surface area contributed by atoms with Gasteiger partial charge in [-0.1, -0.05) is 18.2 Å². The lowest BCUT2D eigenvalue weighted by atomic mass is 10.2. The number of nitrogens with one attached hydrogen (secondary N) is 2. The maximum absolute atomic E-state index is 5.23. The number of methoxy groups -OCH3 is 1. The Bertz CT molecular complexity index is 444. The quantitative estimate of drug-likeness (QED) is 0.485. The molecular weight excluding hydrogens is 246 g/mol. The molecule has 1 aromatic carbocycles. The van der Waals surface area contributed by atoms with Gasteiger partial charge in [-0.25, -0.2) is 0 Å². The molecule has 0 atom stereocenters. The summed E-state index contributed by atoms with van der Waals surface area (Å²) >= 11 is 4.96. The van der Waals surface area contributed by atoms with E-state index >= 15 is 0 Å². The van der Waals surface area contributed by atoms with Gasteiger partial charge in [0.1, 0.15) is 5.75 Å². The van der Waals surface area contributed by atoms with Crippen molar-refractivity contribution >= 4 is 29.6 Å². The van der Waals surface area contributed by atoms with Gasteiger partial charge < -0.3 is 10.1 Å². The number of nitrogens with zero attached hydrogens (tertiary/aromatic N) is 1. The molecule has 0 fully saturated rings. The maximum Gasteiger partial charge on any atom is 0.186 e. The van der Waals surface area contributed by atoms with Crippen LogP contribution in [-0.4, -0.2) is 25.0 Å². The lowest BCUT2D eigenvalue weighted by Crippen LogP contribution is -2.31. The Morgan fingerprint density at radius 1 is 1.44 bits per heavy atom. The zero-order valence-electron chi connectivity index (χ0n) is 10.5. The third-order valence-corrected chi connectivity index (χ3v) is 2.31. The first-order valence-electron chi connectivity index (χ1n) is 5.64. The van der Waals surface area contributed by atoms with Gasteiger partial charge in [0.2, 0.25) is 0 Å². The van der Waals surface area contributed by atoms with Crippen LogP contribution in [0.4, 0.5) is 0 Å². The van der Waals surface area contributed by atoms with Gasteiger partial charge in [-0.3, -0.25) is 5.43 Å². The molecule has 0 saturated carbocycles. The van der Waals surface area contributed by atoms with Gasteiger partial charge in [-0.2, -0.15) is 5.10 Å². The van der Waals surface area contributed by atoms with Crippen molar-refractivity contribution in [2.45, 2.75) is 6.92 Å². The molecule has 0 unspecified atom stereocenters. The van der Waals surface area contributed by atoms with Crippen LogP contribution in [0.25, 0.3) is 6.08 Å². The molecule has 0 aromatic heterocycles. The second kappa shape index (κ2) is 8.25. The summed E-state index contributed by atoms with van der Waals surface area (Å²) in [6, 6.07) is 7.77. The van der Waals surface area contributed by atoms with Crippen molar-refractivity contribution < 1.29 is 4.74 Å². The Kier molecular flexibility index (Phi) is 6.50. The van der Waals surface area contributed by atoms with Crippen LogP contribution in [0.5, 0.6) is 5.75 Å². The fraction of sp³-hybridized carbons (Fsp3) is 0.231. The second-order valence-electron chi connectivity index (χ2n) is 3.35. The van der Waals surface area contributed by atoms with Crippen molar-refractivity contribution in [2.24, 2.45) is 5.10 Å². The highest BCUT2D eigenvalue weighted by atomic mass is 32.1. The van der Waals surface area contributed by atoms with Crippen LogP contribution in [0, 0.1) is 0 Å². The minimum absolute atomic E-state index is 0.513. The summed E-state index contributed by atoms with van der Waals surface area (Å²) in [5.41, 5.74) is 3.71. The Balaban J connectivity index is 2.49. The molecule has 0 aliphatic carbocycles. The average Bonchev–Trinajstić information content (AvgIpc) is 2.39.